The van der Waals surface area contributed by atoms with E-state index in [0.29, 0.717) is 45.7 Å². The van der Waals surface area contributed by atoms with Crippen LogP contribution in [0.3, 0.4) is 0 Å². The van der Waals surface area contributed by atoms with Gasteiger partial charge in [-0.3, -0.25) is 4.79 Å². The Balaban J connectivity index is 1.55. The van der Waals surface area contributed by atoms with Crippen molar-refractivity contribution in [1.82, 2.24) is 9.21 Å². The van der Waals surface area contributed by atoms with Gasteiger partial charge in [0.1, 0.15) is 0 Å². The molecule has 1 amide bonds. The summed E-state index contributed by atoms with van der Waals surface area (Å²) in [7, 11) is -3.25. The SMILES string of the molecule is CCS(=O)(=O)N1CCOCC2CN(C(=O)CCCc3ccccc3)CCC21. The second-order valence-corrected chi connectivity index (χ2v) is 9.59. The summed E-state index contributed by atoms with van der Waals surface area (Å²) in [5, 5.41) is 0. The number of piperidine rings is 1. The van der Waals surface area contributed by atoms with Crippen LogP contribution >= 0.6 is 0 Å². The molecule has 2 fully saturated rings. The summed E-state index contributed by atoms with van der Waals surface area (Å²) < 4.78 is 32.2. The van der Waals surface area contributed by atoms with Gasteiger partial charge in [-0.05, 0) is 31.7 Å². The molecular weight excluding hydrogens is 364 g/mol. The first-order chi connectivity index (χ1) is 13.0. The predicted molar refractivity (Wildman–Crippen MR) is 105 cm³/mol. The first-order valence-electron chi connectivity index (χ1n) is 9.90. The normalized spacial score (nSPS) is 24.3. The van der Waals surface area contributed by atoms with E-state index < -0.39 is 10.0 Å². The van der Waals surface area contributed by atoms with Gasteiger partial charge in [-0.1, -0.05) is 30.3 Å². The Kier molecular flexibility index (Phi) is 6.89. The van der Waals surface area contributed by atoms with Crippen LogP contribution in [-0.2, 0) is 26.0 Å². The van der Waals surface area contributed by atoms with Crippen molar-refractivity contribution in [2.45, 2.75) is 38.6 Å². The molecule has 2 unspecified atom stereocenters. The number of amides is 1. The molecule has 0 N–H and O–H groups in total. The second-order valence-electron chi connectivity index (χ2n) is 7.38. The lowest BCUT2D eigenvalue weighted by Crippen LogP contribution is -2.54. The molecule has 1 aromatic carbocycles. The minimum absolute atomic E-state index is 0.0502. The monoisotopic (exact) mass is 394 g/mol. The van der Waals surface area contributed by atoms with E-state index >= 15 is 0 Å². The Morgan fingerprint density at radius 3 is 2.74 bits per heavy atom. The lowest BCUT2D eigenvalue weighted by molar-refractivity contribution is -0.134. The molecule has 0 radical (unpaired) electrons. The first-order valence-corrected chi connectivity index (χ1v) is 11.5. The van der Waals surface area contributed by atoms with E-state index in [-0.39, 0.29) is 23.6 Å². The van der Waals surface area contributed by atoms with Gasteiger partial charge in [0, 0.05) is 38.0 Å². The zero-order valence-electron chi connectivity index (χ0n) is 16.0. The number of likely N-dealkylation sites (tertiary alicyclic amines) is 1. The highest BCUT2D eigenvalue weighted by molar-refractivity contribution is 7.89. The molecule has 3 rings (SSSR count). The average molecular weight is 395 g/mol. The topological polar surface area (TPSA) is 66.9 Å². The van der Waals surface area contributed by atoms with Gasteiger partial charge in [-0.25, -0.2) is 8.42 Å². The van der Waals surface area contributed by atoms with Gasteiger partial charge < -0.3 is 9.64 Å². The molecule has 2 atom stereocenters. The summed E-state index contributed by atoms with van der Waals surface area (Å²) in [6, 6.07) is 10.2. The summed E-state index contributed by atoms with van der Waals surface area (Å²) >= 11 is 0. The molecule has 2 aliphatic heterocycles. The highest BCUT2D eigenvalue weighted by Crippen LogP contribution is 2.28. The summed E-state index contributed by atoms with van der Waals surface area (Å²) in [6.07, 6.45) is 2.96. The Morgan fingerprint density at radius 2 is 2.00 bits per heavy atom. The van der Waals surface area contributed by atoms with Gasteiger partial charge in [0.25, 0.3) is 0 Å². The van der Waals surface area contributed by atoms with Gasteiger partial charge >= 0.3 is 0 Å². The number of carbonyl (C=O) groups excluding carboxylic acids is 1. The first kappa shape index (κ1) is 20.3. The van der Waals surface area contributed by atoms with E-state index in [1.54, 1.807) is 11.2 Å². The zero-order chi connectivity index (χ0) is 19.3. The molecule has 1 aromatic rings. The smallest absolute Gasteiger partial charge is 0.222 e. The fraction of sp³-hybridized carbons (Fsp3) is 0.650. The summed E-state index contributed by atoms with van der Waals surface area (Å²) in [5.41, 5.74) is 1.25. The van der Waals surface area contributed by atoms with Crippen LogP contribution in [0.4, 0.5) is 0 Å². The van der Waals surface area contributed by atoms with Gasteiger partial charge in [0.15, 0.2) is 0 Å². The number of benzene rings is 1. The van der Waals surface area contributed by atoms with Crippen LogP contribution in [0.2, 0.25) is 0 Å². The van der Waals surface area contributed by atoms with Crippen LogP contribution in [-0.4, -0.2) is 68.2 Å². The Hall–Kier alpha value is -1.44. The van der Waals surface area contributed by atoms with E-state index in [1.165, 1.54) is 5.56 Å². The fourth-order valence-corrected chi connectivity index (χ4v) is 5.48. The van der Waals surface area contributed by atoms with Gasteiger partial charge in [-0.2, -0.15) is 4.31 Å². The van der Waals surface area contributed by atoms with Crippen LogP contribution in [0.25, 0.3) is 0 Å². The number of aryl methyl sites for hydroxylation is 1. The molecule has 0 spiro atoms. The largest absolute Gasteiger partial charge is 0.380 e. The third kappa shape index (κ3) is 5.09. The van der Waals surface area contributed by atoms with Gasteiger partial charge in [0.2, 0.25) is 15.9 Å². The molecule has 0 saturated carbocycles. The number of hydrogen-bond acceptors (Lipinski definition) is 4. The average Bonchev–Trinajstić information content (AvgIpc) is 2.91. The van der Waals surface area contributed by atoms with E-state index in [1.807, 2.05) is 23.1 Å². The number of carbonyl (C=O) groups is 1. The predicted octanol–water partition coefficient (Wildman–Crippen LogP) is 1.91. The molecule has 2 aliphatic rings. The van der Waals surface area contributed by atoms with Gasteiger partial charge in [0.05, 0.1) is 19.0 Å². The molecule has 2 heterocycles. The van der Waals surface area contributed by atoms with Gasteiger partial charge in [-0.15, -0.1) is 0 Å². The highest BCUT2D eigenvalue weighted by atomic mass is 32.2. The molecule has 2 saturated heterocycles. The molecule has 0 bridgehead atoms. The maximum Gasteiger partial charge on any atom is 0.222 e. The number of fused-ring (bicyclic) bond motifs is 1. The fourth-order valence-electron chi connectivity index (χ4n) is 4.10. The molecule has 0 aromatic heterocycles. The number of rotatable bonds is 6. The molecule has 27 heavy (non-hydrogen) atoms. The van der Waals surface area contributed by atoms with Crippen LogP contribution in [0, 0.1) is 5.92 Å². The summed E-state index contributed by atoms with van der Waals surface area (Å²) in [5.74, 6) is 0.331. The lowest BCUT2D eigenvalue weighted by Gasteiger charge is -2.41. The van der Waals surface area contributed by atoms with E-state index in [2.05, 4.69) is 12.1 Å². The number of hydrogen-bond donors (Lipinski definition) is 0. The molecule has 6 nitrogen and oxygen atoms in total. The Bertz CT molecular complexity index is 723. The Morgan fingerprint density at radius 1 is 1.22 bits per heavy atom. The number of sulfonamides is 1. The van der Waals surface area contributed by atoms with Crippen molar-refractivity contribution in [3.8, 4) is 0 Å². The molecule has 7 heteroatoms. The zero-order valence-corrected chi connectivity index (χ0v) is 16.9. The summed E-state index contributed by atoms with van der Waals surface area (Å²) in [6.45, 7) is 4.26. The van der Waals surface area contributed by atoms with Crippen molar-refractivity contribution in [2.75, 3.05) is 38.6 Å². The quantitative estimate of drug-likeness (QED) is 0.739. The highest BCUT2D eigenvalue weighted by Gasteiger charge is 2.40. The standard InChI is InChI=1S/C20H30N2O4S/c1-2-27(24,25)22-13-14-26-16-18-15-21(12-11-19(18)22)20(23)10-6-9-17-7-4-3-5-8-17/h3-5,7-8,18-19H,2,6,9-16H2,1H3. The third-order valence-corrected chi connectivity index (χ3v) is 7.52. The van der Waals surface area contributed by atoms with E-state index in [4.69, 9.17) is 4.74 Å². The van der Waals surface area contributed by atoms with Crippen molar-refractivity contribution >= 4 is 15.9 Å². The summed E-state index contributed by atoms with van der Waals surface area (Å²) in [4.78, 5) is 14.5. The van der Waals surface area contributed by atoms with Crippen molar-refractivity contribution < 1.29 is 17.9 Å². The second kappa shape index (κ2) is 9.17. The van der Waals surface area contributed by atoms with Crippen molar-refractivity contribution in [1.29, 1.82) is 0 Å². The minimum Gasteiger partial charge on any atom is -0.380 e. The van der Waals surface area contributed by atoms with Crippen LogP contribution < -0.4 is 0 Å². The van der Waals surface area contributed by atoms with Crippen molar-refractivity contribution in [3.05, 3.63) is 35.9 Å². The number of ether oxygens (including phenoxy) is 1. The molecule has 0 aliphatic carbocycles. The van der Waals surface area contributed by atoms with Crippen LogP contribution in [0.15, 0.2) is 30.3 Å². The Labute approximate surface area is 162 Å². The maximum atomic E-state index is 12.6. The van der Waals surface area contributed by atoms with Crippen molar-refractivity contribution in [2.24, 2.45) is 5.92 Å². The van der Waals surface area contributed by atoms with E-state index in [0.717, 1.165) is 12.8 Å². The maximum absolute atomic E-state index is 12.6. The van der Waals surface area contributed by atoms with Crippen LogP contribution in [0.1, 0.15) is 31.7 Å². The van der Waals surface area contributed by atoms with Crippen molar-refractivity contribution in [3.63, 3.8) is 0 Å². The third-order valence-electron chi connectivity index (χ3n) is 5.63. The lowest BCUT2D eigenvalue weighted by atomic mass is 9.92. The minimum atomic E-state index is -3.25. The molecule has 150 valence electrons. The number of nitrogens with zero attached hydrogens (tertiary/aromatic N) is 2. The van der Waals surface area contributed by atoms with E-state index in [9.17, 15) is 13.2 Å². The molecular formula is C20H30N2O4S. The van der Waals surface area contributed by atoms with Crippen LogP contribution in [0.5, 0.6) is 0 Å².